The van der Waals surface area contributed by atoms with E-state index in [1.54, 1.807) is 22.7 Å². The van der Waals surface area contributed by atoms with Crippen LogP contribution < -0.4 is 5.73 Å². The van der Waals surface area contributed by atoms with Crippen molar-refractivity contribution in [3.63, 3.8) is 0 Å². The Bertz CT molecular complexity index is 464. The van der Waals surface area contributed by atoms with Crippen molar-refractivity contribution in [3.8, 4) is 6.07 Å². The fraction of sp³-hybridized carbons (Fsp3) is 0. The normalized spacial score (nSPS) is 9.92. The van der Waals surface area contributed by atoms with Crippen molar-refractivity contribution in [2.75, 3.05) is 5.73 Å². The number of nitrogens with zero attached hydrogens (tertiary/aromatic N) is 4. The van der Waals surface area contributed by atoms with E-state index >= 15 is 0 Å². The number of hydrogen-bond donors (Lipinski definition) is 1. The number of nitriles is 1. The van der Waals surface area contributed by atoms with E-state index in [2.05, 4.69) is 10.2 Å². The molecule has 0 bridgehead atoms. The van der Waals surface area contributed by atoms with Crippen LogP contribution in [0.5, 0.6) is 0 Å². The van der Waals surface area contributed by atoms with Crippen LogP contribution in [0.3, 0.4) is 0 Å². The van der Waals surface area contributed by atoms with Crippen molar-refractivity contribution in [2.24, 2.45) is 0 Å². The van der Waals surface area contributed by atoms with E-state index in [9.17, 15) is 0 Å². The molecule has 0 unspecified atom stereocenters. The number of pyridine rings is 1. The Morgan fingerprint density at radius 2 is 2.25 bits per heavy atom. The van der Waals surface area contributed by atoms with Crippen LogP contribution in [0.4, 0.5) is 5.95 Å². The van der Waals surface area contributed by atoms with Crippen molar-refractivity contribution >= 4 is 11.6 Å². The molecule has 0 fully saturated rings. The molecule has 0 aromatic carbocycles. The van der Waals surface area contributed by atoms with Gasteiger partial charge in [0.05, 0.1) is 5.56 Å². The monoisotopic (exact) mass is 159 g/mol. The van der Waals surface area contributed by atoms with E-state index in [-0.39, 0.29) is 0 Å². The number of anilines is 1. The van der Waals surface area contributed by atoms with Crippen molar-refractivity contribution in [1.29, 1.82) is 5.26 Å². The van der Waals surface area contributed by atoms with E-state index in [1.165, 1.54) is 0 Å². The Morgan fingerprint density at radius 3 is 3.00 bits per heavy atom. The first-order chi connectivity index (χ1) is 5.81. The van der Waals surface area contributed by atoms with Gasteiger partial charge in [-0.15, -0.1) is 10.2 Å². The van der Waals surface area contributed by atoms with Crippen molar-refractivity contribution in [1.82, 2.24) is 14.6 Å². The zero-order valence-corrected chi connectivity index (χ0v) is 6.10. The Morgan fingerprint density at radius 1 is 1.42 bits per heavy atom. The standard InChI is InChI=1S/C7H5N5/c8-3-5-1-2-6-10-11-7(9)12(6)4-5/h1-2,4H,(H2,9,11). The fourth-order valence-corrected chi connectivity index (χ4v) is 0.975. The minimum absolute atomic E-state index is 0.294. The third kappa shape index (κ3) is 0.787. The molecule has 58 valence electrons. The van der Waals surface area contributed by atoms with Gasteiger partial charge in [0.1, 0.15) is 6.07 Å². The summed E-state index contributed by atoms with van der Waals surface area (Å²) in [6.45, 7) is 0. The van der Waals surface area contributed by atoms with Crippen LogP contribution in [0.25, 0.3) is 5.65 Å². The summed E-state index contributed by atoms with van der Waals surface area (Å²) in [5.41, 5.74) is 6.66. The topological polar surface area (TPSA) is 80.0 Å². The summed E-state index contributed by atoms with van der Waals surface area (Å²) in [6, 6.07) is 5.37. The molecule has 0 aliphatic carbocycles. The van der Waals surface area contributed by atoms with Crippen LogP contribution >= 0.6 is 0 Å². The first-order valence-electron chi connectivity index (χ1n) is 3.31. The summed E-state index contributed by atoms with van der Waals surface area (Å²) >= 11 is 0. The molecule has 0 saturated heterocycles. The Kier molecular flexibility index (Phi) is 1.21. The molecular weight excluding hydrogens is 154 g/mol. The van der Waals surface area contributed by atoms with E-state index in [1.807, 2.05) is 6.07 Å². The SMILES string of the molecule is N#Cc1ccc2nnc(N)n2c1. The molecule has 0 spiro atoms. The van der Waals surface area contributed by atoms with Crippen molar-refractivity contribution in [2.45, 2.75) is 0 Å². The Hall–Kier alpha value is -2.09. The predicted octanol–water partition coefficient (Wildman–Crippen LogP) is 0.183. The number of aromatic nitrogens is 3. The minimum Gasteiger partial charge on any atom is -0.368 e. The highest BCUT2D eigenvalue weighted by molar-refractivity contribution is 5.46. The highest BCUT2D eigenvalue weighted by Crippen LogP contribution is 2.06. The van der Waals surface area contributed by atoms with Gasteiger partial charge in [-0.3, -0.25) is 4.40 Å². The molecule has 5 nitrogen and oxygen atoms in total. The minimum atomic E-state index is 0.294. The zero-order valence-electron chi connectivity index (χ0n) is 6.10. The highest BCUT2D eigenvalue weighted by Gasteiger charge is 2.00. The lowest BCUT2D eigenvalue weighted by Gasteiger charge is -1.92. The molecule has 2 rings (SSSR count). The van der Waals surface area contributed by atoms with Crippen LogP contribution in [-0.2, 0) is 0 Å². The number of fused-ring (bicyclic) bond motifs is 1. The molecule has 2 aromatic rings. The van der Waals surface area contributed by atoms with Gasteiger partial charge >= 0.3 is 0 Å². The maximum absolute atomic E-state index is 8.58. The molecule has 2 heterocycles. The third-order valence-corrected chi connectivity index (χ3v) is 1.56. The zero-order chi connectivity index (χ0) is 8.55. The van der Waals surface area contributed by atoms with Gasteiger partial charge in [0.15, 0.2) is 5.65 Å². The fourth-order valence-electron chi connectivity index (χ4n) is 0.975. The summed E-state index contributed by atoms with van der Waals surface area (Å²) in [5, 5.41) is 16.0. The third-order valence-electron chi connectivity index (χ3n) is 1.56. The van der Waals surface area contributed by atoms with Gasteiger partial charge in [0, 0.05) is 6.20 Å². The first kappa shape index (κ1) is 6.61. The second-order valence-corrected chi connectivity index (χ2v) is 2.32. The smallest absolute Gasteiger partial charge is 0.226 e. The van der Waals surface area contributed by atoms with Gasteiger partial charge in [-0.25, -0.2) is 0 Å². The number of rotatable bonds is 0. The molecule has 0 radical (unpaired) electrons. The summed E-state index contributed by atoms with van der Waals surface area (Å²) in [5.74, 6) is 0.294. The molecule has 5 heteroatoms. The summed E-state index contributed by atoms with van der Waals surface area (Å²) < 4.78 is 1.57. The molecule has 12 heavy (non-hydrogen) atoms. The molecule has 0 aliphatic heterocycles. The van der Waals surface area contributed by atoms with E-state index < -0.39 is 0 Å². The van der Waals surface area contributed by atoms with Gasteiger partial charge in [0.2, 0.25) is 5.95 Å². The molecule has 0 aliphatic rings. The van der Waals surface area contributed by atoms with Crippen LogP contribution in [0.1, 0.15) is 5.56 Å². The van der Waals surface area contributed by atoms with Crippen LogP contribution in [0.15, 0.2) is 18.3 Å². The quantitative estimate of drug-likeness (QED) is 0.594. The molecular formula is C7H5N5. The van der Waals surface area contributed by atoms with Crippen LogP contribution in [0.2, 0.25) is 0 Å². The second kappa shape index (κ2) is 2.20. The highest BCUT2D eigenvalue weighted by atomic mass is 15.3. The van der Waals surface area contributed by atoms with E-state index in [0.717, 1.165) is 0 Å². The second-order valence-electron chi connectivity index (χ2n) is 2.32. The van der Waals surface area contributed by atoms with Gasteiger partial charge in [-0.1, -0.05) is 0 Å². The molecule has 0 amide bonds. The summed E-state index contributed by atoms with van der Waals surface area (Å²) in [7, 11) is 0. The summed E-state index contributed by atoms with van der Waals surface area (Å²) in [6.07, 6.45) is 1.60. The van der Waals surface area contributed by atoms with Crippen molar-refractivity contribution < 1.29 is 0 Å². The molecule has 0 saturated carbocycles. The van der Waals surface area contributed by atoms with Gasteiger partial charge in [-0.2, -0.15) is 5.26 Å². The lowest BCUT2D eigenvalue weighted by atomic mass is 10.3. The summed E-state index contributed by atoms with van der Waals surface area (Å²) in [4.78, 5) is 0. The Labute approximate surface area is 68.1 Å². The van der Waals surface area contributed by atoms with E-state index in [0.29, 0.717) is 17.2 Å². The number of nitrogens with two attached hydrogens (primary N) is 1. The lowest BCUT2D eigenvalue weighted by molar-refractivity contribution is 1.12. The lowest BCUT2D eigenvalue weighted by Crippen LogP contribution is -1.94. The van der Waals surface area contributed by atoms with Gasteiger partial charge < -0.3 is 5.73 Å². The van der Waals surface area contributed by atoms with E-state index in [4.69, 9.17) is 11.0 Å². The van der Waals surface area contributed by atoms with Crippen molar-refractivity contribution in [3.05, 3.63) is 23.9 Å². The largest absolute Gasteiger partial charge is 0.368 e. The number of hydrogen-bond acceptors (Lipinski definition) is 4. The maximum atomic E-state index is 8.58. The van der Waals surface area contributed by atoms with Gasteiger partial charge in [0.25, 0.3) is 0 Å². The predicted molar refractivity (Wildman–Crippen MR) is 42.1 cm³/mol. The first-order valence-corrected chi connectivity index (χ1v) is 3.31. The number of nitrogen functional groups attached to an aromatic ring is 1. The van der Waals surface area contributed by atoms with Gasteiger partial charge in [-0.05, 0) is 12.1 Å². The van der Waals surface area contributed by atoms with Crippen LogP contribution in [0, 0.1) is 11.3 Å². The van der Waals surface area contributed by atoms with Crippen LogP contribution in [-0.4, -0.2) is 14.6 Å². The molecule has 2 aromatic heterocycles. The Balaban J connectivity index is 2.82. The maximum Gasteiger partial charge on any atom is 0.226 e. The molecule has 0 atom stereocenters. The average molecular weight is 159 g/mol. The average Bonchev–Trinajstić information content (AvgIpc) is 2.47. The molecule has 2 N–H and O–H groups in total.